The van der Waals surface area contributed by atoms with Crippen LogP contribution in [-0.4, -0.2) is 17.5 Å². The number of nitrogens with zero attached hydrogens (tertiary/aromatic N) is 1. The second kappa shape index (κ2) is 8.12. The van der Waals surface area contributed by atoms with Crippen molar-refractivity contribution >= 4 is 11.6 Å². The van der Waals surface area contributed by atoms with Crippen LogP contribution in [0.25, 0.3) is 0 Å². The Kier molecular flexibility index (Phi) is 5.66. The Bertz CT molecular complexity index is 728. The predicted octanol–water partition coefficient (Wildman–Crippen LogP) is 3.68. The highest BCUT2D eigenvalue weighted by Crippen LogP contribution is 2.29. The maximum atomic E-state index is 11.2. The van der Waals surface area contributed by atoms with Gasteiger partial charge in [0.15, 0.2) is 0 Å². The van der Waals surface area contributed by atoms with Crippen LogP contribution < -0.4 is 15.4 Å². The summed E-state index contributed by atoms with van der Waals surface area (Å²) in [5.41, 5.74) is 3.09. The van der Waals surface area contributed by atoms with E-state index in [1.54, 1.807) is 6.20 Å². The summed E-state index contributed by atoms with van der Waals surface area (Å²) in [4.78, 5) is 15.5. The molecule has 0 unspecified atom stereocenters. The molecule has 3 rings (SSSR count). The van der Waals surface area contributed by atoms with Gasteiger partial charge in [-0.15, -0.1) is 0 Å². The quantitative estimate of drug-likeness (QED) is 0.770. The zero-order valence-corrected chi connectivity index (χ0v) is 14.8. The molecule has 1 saturated carbocycles. The topological polar surface area (TPSA) is 63.2 Å². The van der Waals surface area contributed by atoms with Gasteiger partial charge in [-0.05, 0) is 55.0 Å². The van der Waals surface area contributed by atoms with Crippen molar-refractivity contribution in [2.75, 3.05) is 11.9 Å². The zero-order chi connectivity index (χ0) is 17.6. The number of carbonyl (C=O) groups is 1. The van der Waals surface area contributed by atoms with Crippen molar-refractivity contribution < 1.29 is 9.53 Å². The van der Waals surface area contributed by atoms with Crippen LogP contribution in [0.3, 0.4) is 0 Å². The van der Waals surface area contributed by atoms with Crippen LogP contribution in [0.5, 0.6) is 5.88 Å². The second-order valence-electron chi connectivity index (χ2n) is 6.67. The van der Waals surface area contributed by atoms with E-state index < -0.39 is 0 Å². The molecule has 1 aromatic heterocycles. The molecule has 5 nitrogen and oxygen atoms in total. The van der Waals surface area contributed by atoms with Crippen LogP contribution in [-0.2, 0) is 11.3 Å². The molecular formula is C20H25N3O2. The Morgan fingerprint density at radius 1 is 1.32 bits per heavy atom. The van der Waals surface area contributed by atoms with Crippen LogP contribution in [0.4, 0.5) is 5.69 Å². The third kappa shape index (κ3) is 5.57. The number of benzene rings is 1. The second-order valence-corrected chi connectivity index (χ2v) is 6.67. The largest absolute Gasteiger partial charge is 0.477 e. The number of nitrogens with one attached hydrogen (secondary N) is 2. The van der Waals surface area contributed by atoms with E-state index in [1.807, 2.05) is 30.3 Å². The van der Waals surface area contributed by atoms with Crippen molar-refractivity contribution in [1.29, 1.82) is 0 Å². The molecular weight excluding hydrogens is 314 g/mol. The number of anilines is 1. The van der Waals surface area contributed by atoms with Crippen LogP contribution in [0, 0.1) is 5.92 Å². The average molecular weight is 339 g/mol. The lowest BCUT2D eigenvalue weighted by Gasteiger charge is -2.16. The number of hydrogen-bond acceptors (Lipinski definition) is 4. The van der Waals surface area contributed by atoms with Gasteiger partial charge in [0, 0.05) is 37.5 Å². The minimum absolute atomic E-state index is 0.0618. The molecule has 0 saturated heterocycles. The van der Waals surface area contributed by atoms with Gasteiger partial charge < -0.3 is 15.4 Å². The Morgan fingerprint density at radius 3 is 2.92 bits per heavy atom. The Hall–Kier alpha value is -2.40. The molecule has 25 heavy (non-hydrogen) atoms. The molecule has 1 heterocycles. The molecule has 1 aliphatic carbocycles. The summed E-state index contributed by atoms with van der Waals surface area (Å²) in [6, 6.07) is 12.1. The molecule has 2 N–H and O–H groups in total. The van der Waals surface area contributed by atoms with Gasteiger partial charge in [-0.25, -0.2) is 4.98 Å². The summed E-state index contributed by atoms with van der Waals surface area (Å²) in [5, 5.41) is 6.32. The van der Waals surface area contributed by atoms with Gasteiger partial charge in [-0.1, -0.05) is 12.1 Å². The fraction of sp³-hybridized carbons (Fsp3) is 0.400. The minimum Gasteiger partial charge on any atom is -0.477 e. The number of pyridine rings is 1. The van der Waals surface area contributed by atoms with Gasteiger partial charge in [0.1, 0.15) is 0 Å². The van der Waals surface area contributed by atoms with E-state index in [-0.39, 0.29) is 11.9 Å². The molecule has 1 aliphatic rings. The lowest BCUT2D eigenvalue weighted by atomic mass is 10.1. The number of rotatable bonds is 8. The maximum Gasteiger partial charge on any atom is 0.221 e. The number of carbonyl (C=O) groups excluding carboxylic acids is 1. The highest BCUT2D eigenvalue weighted by Gasteiger charge is 2.22. The Balaban J connectivity index is 1.55. The predicted molar refractivity (Wildman–Crippen MR) is 98.5 cm³/mol. The summed E-state index contributed by atoms with van der Waals surface area (Å²) in [6.45, 7) is 5.13. The lowest BCUT2D eigenvalue weighted by molar-refractivity contribution is -0.114. The average Bonchev–Trinajstić information content (AvgIpc) is 3.42. The minimum atomic E-state index is -0.0618. The van der Waals surface area contributed by atoms with E-state index in [0.717, 1.165) is 35.9 Å². The highest BCUT2D eigenvalue weighted by molar-refractivity contribution is 5.88. The number of amides is 1. The molecule has 5 heteroatoms. The first-order chi connectivity index (χ1) is 12.1. The van der Waals surface area contributed by atoms with Crippen molar-refractivity contribution in [3.05, 3.63) is 53.7 Å². The number of hydrogen-bond donors (Lipinski definition) is 2. The fourth-order valence-corrected chi connectivity index (χ4v) is 2.60. The van der Waals surface area contributed by atoms with Gasteiger partial charge in [0.25, 0.3) is 0 Å². The molecule has 1 fully saturated rings. The Morgan fingerprint density at radius 2 is 2.16 bits per heavy atom. The summed E-state index contributed by atoms with van der Waals surface area (Å²) in [5.74, 6) is 1.36. The third-order valence-electron chi connectivity index (χ3n) is 4.28. The van der Waals surface area contributed by atoms with Gasteiger partial charge in [-0.2, -0.15) is 0 Å². The summed E-state index contributed by atoms with van der Waals surface area (Å²) in [7, 11) is 0. The molecule has 1 aromatic carbocycles. The van der Waals surface area contributed by atoms with Gasteiger partial charge >= 0.3 is 0 Å². The first-order valence-electron chi connectivity index (χ1n) is 8.79. The van der Waals surface area contributed by atoms with Crippen molar-refractivity contribution in [3.63, 3.8) is 0 Å². The summed E-state index contributed by atoms with van der Waals surface area (Å²) < 4.78 is 5.74. The van der Waals surface area contributed by atoms with Gasteiger partial charge in [-0.3, -0.25) is 4.79 Å². The Labute approximate surface area is 148 Å². The smallest absolute Gasteiger partial charge is 0.221 e. The molecule has 0 bridgehead atoms. The van der Waals surface area contributed by atoms with Crippen LogP contribution in [0.1, 0.15) is 43.9 Å². The van der Waals surface area contributed by atoms with Crippen LogP contribution in [0.2, 0.25) is 0 Å². The molecule has 2 aromatic rings. The van der Waals surface area contributed by atoms with E-state index in [9.17, 15) is 4.79 Å². The molecule has 1 amide bonds. The van der Waals surface area contributed by atoms with Crippen molar-refractivity contribution in [1.82, 2.24) is 10.3 Å². The first-order valence-corrected chi connectivity index (χ1v) is 8.79. The van der Waals surface area contributed by atoms with E-state index >= 15 is 0 Å². The lowest BCUT2D eigenvalue weighted by Crippen LogP contribution is -2.18. The number of aromatic nitrogens is 1. The van der Waals surface area contributed by atoms with E-state index in [2.05, 4.69) is 28.6 Å². The van der Waals surface area contributed by atoms with E-state index in [1.165, 1.54) is 19.8 Å². The monoisotopic (exact) mass is 339 g/mol. The maximum absolute atomic E-state index is 11.2. The van der Waals surface area contributed by atoms with Gasteiger partial charge in [0.05, 0.1) is 6.61 Å². The SMILES string of the molecule is CC(=O)Nc1cccc([C@H](C)NCc2ccnc(OCC3CC3)c2)c1. The molecule has 0 aliphatic heterocycles. The van der Waals surface area contributed by atoms with Crippen molar-refractivity contribution in [3.8, 4) is 5.88 Å². The molecule has 1 atom stereocenters. The molecule has 132 valence electrons. The van der Waals surface area contributed by atoms with Crippen molar-refractivity contribution in [2.45, 2.75) is 39.3 Å². The van der Waals surface area contributed by atoms with Gasteiger partial charge in [0.2, 0.25) is 11.8 Å². The third-order valence-corrected chi connectivity index (χ3v) is 4.28. The van der Waals surface area contributed by atoms with E-state index in [0.29, 0.717) is 5.88 Å². The highest BCUT2D eigenvalue weighted by atomic mass is 16.5. The molecule has 0 spiro atoms. The van der Waals surface area contributed by atoms with Crippen molar-refractivity contribution in [2.24, 2.45) is 5.92 Å². The first kappa shape index (κ1) is 17.4. The fourth-order valence-electron chi connectivity index (χ4n) is 2.60. The number of ether oxygens (including phenoxy) is 1. The normalized spacial score (nSPS) is 14.8. The van der Waals surface area contributed by atoms with E-state index in [4.69, 9.17) is 4.74 Å². The van der Waals surface area contributed by atoms with Crippen LogP contribution >= 0.6 is 0 Å². The standard InChI is InChI=1S/C20H25N3O2/c1-14(18-4-3-5-19(11-18)23-15(2)24)22-12-17-8-9-21-20(10-17)25-13-16-6-7-16/h3-5,8-11,14,16,22H,6-7,12-13H2,1-2H3,(H,23,24)/t14-/m0/s1. The summed E-state index contributed by atoms with van der Waals surface area (Å²) in [6.07, 6.45) is 4.34. The summed E-state index contributed by atoms with van der Waals surface area (Å²) >= 11 is 0. The zero-order valence-electron chi connectivity index (χ0n) is 14.8. The van der Waals surface area contributed by atoms with Crippen LogP contribution in [0.15, 0.2) is 42.6 Å². The molecule has 0 radical (unpaired) electrons.